The van der Waals surface area contributed by atoms with Gasteiger partial charge in [0.1, 0.15) is 0 Å². The van der Waals surface area contributed by atoms with Crippen molar-refractivity contribution < 1.29 is 0 Å². The molecule has 0 unspecified atom stereocenters. The summed E-state index contributed by atoms with van der Waals surface area (Å²) in [6.45, 7) is 0. The summed E-state index contributed by atoms with van der Waals surface area (Å²) in [5.41, 5.74) is 11.0. The molecule has 1 saturated carbocycles. The summed E-state index contributed by atoms with van der Waals surface area (Å²) in [4.78, 5) is 0. The Morgan fingerprint density at radius 1 is 1.10 bits per heavy atom. The third-order valence-corrected chi connectivity index (χ3v) is 6.29. The van der Waals surface area contributed by atoms with Gasteiger partial charge < -0.3 is 5.73 Å². The number of rotatable bonds is 4. The molecule has 4 aromatic rings. The van der Waals surface area contributed by atoms with Crippen molar-refractivity contribution in [3.05, 3.63) is 49.3 Å². The second kappa shape index (κ2) is 7.11. The van der Waals surface area contributed by atoms with Gasteiger partial charge in [-0.25, -0.2) is 4.52 Å². The lowest BCUT2D eigenvalue weighted by Gasteiger charge is -2.38. The lowest BCUT2D eigenvalue weighted by atomic mass is 9.78. The van der Waals surface area contributed by atoms with Gasteiger partial charge in [0.2, 0.25) is 0 Å². The molecule has 8 heteroatoms. The van der Waals surface area contributed by atoms with Crippen molar-refractivity contribution in [2.75, 3.05) is 0 Å². The average Bonchev–Trinajstić information content (AvgIpc) is 3.49. The molecule has 152 valence electrons. The zero-order valence-corrected chi connectivity index (χ0v) is 16.9. The fourth-order valence-electron chi connectivity index (χ4n) is 4.52. The number of hydrogen-bond donors (Lipinski definition) is 1. The predicted octanol–water partition coefficient (Wildman–Crippen LogP) is 3.11. The summed E-state index contributed by atoms with van der Waals surface area (Å²) in [6, 6.07) is 6.75. The standard InChI is InChI=1S/C22H24N8/c1-28-13-17(11-26-28)16-10-20(21-4-9-25-29(21)14-16)18-12-27-30(15-18)22(7-8-23)5-2-19(24)3-6-22/h4,9-15,19H,2-3,5-7,24H2,1H3. The van der Waals surface area contributed by atoms with Gasteiger partial charge in [0.15, 0.2) is 0 Å². The fourth-order valence-corrected chi connectivity index (χ4v) is 4.52. The van der Waals surface area contributed by atoms with E-state index in [-0.39, 0.29) is 11.6 Å². The summed E-state index contributed by atoms with van der Waals surface area (Å²) in [7, 11) is 1.91. The molecule has 8 nitrogen and oxygen atoms in total. The molecule has 30 heavy (non-hydrogen) atoms. The van der Waals surface area contributed by atoms with E-state index in [9.17, 15) is 5.26 Å². The molecule has 4 heterocycles. The molecule has 1 aliphatic rings. The van der Waals surface area contributed by atoms with Crippen LogP contribution in [0.3, 0.4) is 0 Å². The van der Waals surface area contributed by atoms with Gasteiger partial charge in [0, 0.05) is 60.1 Å². The largest absolute Gasteiger partial charge is 0.328 e. The topological polar surface area (TPSA) is 103 Å². The molecule has 0 bridgehead atoms. The van der Waals surface area contributed by atoms with E-state index < -0.39 is 0 Å². The van der Waals surface area contributed by atoms with E-state index in [1.807, 2.05) is 47.1 Å². The quantitative estimate of drug-likeness (QED) is 0.567. The number of aromatic nitrogens is 6. The third kappa shape index (κ3) is 3.08. The van der Waals surface area contributed by atoms with Crippen molar-refractivity contribution in [3.8, 4) is 28.3 Å². The number of aryl methyl sites for hydroxylation is 1. The van der Waals surface area contributed by atoms with Crippen LogP contribution in [-0.4, -0.2) is 35.2 Å². The number of fused-ring (bicyclic) bond motifs is 1. The summed E-state index contributed by atoms with van der Waals surface area (Å²) < 4.78 is 5.68. The van der Waals surface area contributed by atoms with Crippen LogP contribution in [-0.2, 0) is 12.6 Å². The molecule has 4 aromatic heterocycles. The van der Waals surface area contributed by atoms with Gasteiger partial charge in [-0.05, 0) is 37.8 Å². The van der Waals surface area contributed by atoms with Gasteiger partial charge in [-0.1, -0.05) is 0 Å². The van der Waals surface area contributed by atoms with Crippen molar-refractivity contribution in [1.82, 2.24) is 29.2 Å². The van der Waals surface area contributed by atoms with Crippen LogP contribution in [0, 0.1) is 11.3 Å². The van der Waals surface area contributed by atoms with Gasteiger partial charge in [-0.2, -0.15) is 20.6 Å². The van der Waals surface area contributed by atoms with Crippen LogP contribution < -0.4 is 5.73 Å². The van der Waals surface area contributed by atoms with Crippen LogP contribution >= 0.6 is 0 Å². The molecule has 1 fully saturated rings. The highest BCUT2D eigenvalue weighted by molar-refractivity contribution is 5.83. The Morgan fingerprint density at radius 2 is 1.90 bits per heavy atom. The van der Waals surface area contributed by atoms with E-state index in [4.69, 9.17) is 10.8 Å². The van der Waals surface area contributed by atoms with Crippen molar-refractivity contribution in [2.24, 2.45) is 12.8 Å². The van der Waals surface area contributed by atoms with E-state index in [1.165, 1.54) is 0 Å². The normalized spacial score (nSPS) is 21.7. The van der Waals surface area contributed by atoms with Gasteiger partial charge in [0.25, 0.3) is 0 Å². The van der Waals surface area contributed by atoms with Crippen LogP contribution in [0.5, 0.6) is 0 Å². The second-order valence-electron chi connectivity index (χ2n) is 8.28. The van der Waals surface area contributed by atoms with E-state index >= 15 is 0 Å². The van der Waals surface area contributed by atoms with Crippen LogP contribution in [0.1, 0.15) is 32.1 Å². The summed E-state index contributed by atoms with van der Waals surface area (Å²) in [5.74, 6) is 0. The molecule has 2 N–H and O–H groups in total. The molecule has 0 radical (unpaired) electrons. The third-order valence-electron chi connectivity index (χ3n) is 6.29. The fraction of sp³-hybridized carbons (Fsp3) is 0.364. The Balaban J connectivity index is 1.59. The molecular weight excluding hydrogens is 376 g/mol. The zero-order chi connectivity index (χ0) is 20.7. The molecule has 0 spiro atoms. The number of nitrogens with zero attached hydrogens (tertiary/aromatic N) is 7. The van der Waals surface area contributed by atoms with Crippen LogP contribution in [0.2, 0.25) is 0 Å². The van der Waals surface area contributed by atoms with Gasteiger partial charge in [-0.15, -0.1) is 0 Å². The maximum absolute atomic E-state index is 9.47. The van der Waals surface area contributed by atoms with E-state index in [0.717, 1.165) is 53.5 Å². The highest BCUT2D eigenvalue weighted by Crippen LogP contribution is 2.38. The highest BCUT2D eigenvalue weighted by Gasteiger charge is 2.37. The Hall–Kier alpha value is -3.44. The first-order chi connectivity index (χ1) is 14.6. The molecule has 1 aliphatic carbocycles. The monoisotopic (exact) mass is 400 g/mol. The van der Waals surface area contributed by atoms with Crippen LogP contribution in [0.25, 0.3) is 27.8 Å². The van der Waals surface area contributed by atoms with Crippen molar-refractivity contribution in [1.29, 1.82) is 5.26 Å². The minimum absolute atomic E-state index is 0.217. The number of pyridine rings is 1. The van der Waals surface area contributed by atoms with Crippen LogP contribution in [0.15, 0.2) is 49.3 Å². The predicted molar refractivity (Wildman–Crippen MR) is 113 cm³/mol. The first-order valence-electron chi connectivity index (χ1n) is 10.2. The first-order valence-corrected chi connectivity index (χ1v) is 10.2. The number of nitrogens with two attached hydrogens (primary N) is 1. The Morgan fingerprint density at radius 3 is 2.63 bits per heavy atom. The smallest absolute Gasteiger partial charge is 0.0758 e. The van der Waals surface area contributed by atoms with Crippen molar-refractivity contribution >= 4 is 5.52 Å². The summed E-state index contributed by atoms with van der Waals surface area (Å²) >= 11 is 0. The maximum atomic E-state index is 9.47. The van der Waals surface area contributed by atoms with Gasteiger partial charge >= 0.3 is 0 Å². The molecular formula is C22H24N8. The zero-order valence-electron chi connectivity index (χ0n) is 16.9. The molecule has 0 aliphatic heterocycles. The Kier molecular flexibility index (Phi) is 4.40. The molecule has 0 atom stereocenters. The summed E-state index contributed by atoms with van der Waals surface area (Å²) in [6.07, 6.45) is 15.7. The Labute approximate surface area is 174 Å². The SMILES string of the molecule is Cn1cc(-c2cc(-c3cnn(C4(CC#N)CCC(N)CC4)c3)c3ccnn3c2)cn1. The van der Waals surface area contributed by atoms with Crippen molar-refractivity contribution in [3.63, 3.8) is 0 Å². The maximum Gasteiger partial charge on any atom is 0.0758 e. The lowest BCUT2D eigenvalue weighted by molar-refractivity contribution is 0.166. The molecule has 0 saturated heterocycles. The number of hydrogen-bond acceptors (Lipinski definition) is 5. The number of nitriles is 1. The minimum Gasteiger partial charge on any atom is -0.328 e. The molecule has 5 rings (SSSR count). The average molecular weight is 400 g/mol. The second-order valence-corrected chi connectivity index (χ2v) is 8.28. The Bertz CT molecular complexity index is 1230. The molecule has 0 aromatic carbocycles. The van der Waals surface area contributed by atoms with Gasteiger partial charge in [-0.3, -0.25) is 9.36 Å². The molecule has 0 amide bonds. The lowest BCUT2D eigenvalue weighted by Crippen LogP contribution is -2.41. The van der Waals surface area contributed by atoms with E-state index in [2.05, 4.69) is 28.5 Å². The van der Waals surface area contributed by atoms with Crippen molar-refractivity contribution in [2.45, 2.75) is 43.7 Å². The minimum atomic E-state index is -0.277. The first kappa shape index (κ1) is 18.6. The van der Waals surface area contributed by atoms with E-state index in [0.29, 0.717) is 6.42 Å². The van der Waals surface area contributed by atoms with E-state index in [1.54, 1.807) is 10.9 Å². The summed E-state index contributed by atoms with van der Waals surface area (Å²) in [5, 5.41) is 22.9. The van der Waals surface area contributed by atoms with Gasteiger partial charge in [0.05, 0.1) is 35.9 Å². The highest BCUT2D eigenvalue weighted by atomic mass is 15.3. The van der Waals surface area contributed by atoms with Crippen LogP contribution in [0.4, 0.5) is 0 Å².